The Hall–Kier alpha value is -1.06. The third-order valence-electron chi connectivity index (χ3n) is 3.72. The molecular weight excluding hydrogens is 224 g/mol. The van der Waals surface area contributed by atoms with Crippen LogP contribution in [0, 0.1) is 0 Å². The van der Waals surface area contributed by atoms with E-state index in [1.807, 2.05) is 0 Å². The molecule has 18 heavy (non-hydrogen) atoms. The van der Waals surface area contributed by atoms with E-state index in [4.69, 9.17) is 10.5 Å². The van der Waals surface area contributed by atoms with Crippen molar-refractivity contribution in [2.24, 2.45) is 5.73 Å². The number of anilines is 1. The molecule has 0 aliphatic carbocycles. The van der Waals surface area contributed by atoms with Gasteiger partial charge in [0.25, 0.3) is 0 Å². The smallest absolute Gasteiger partial charge is 0.0755 e. The summed E-state index contributed by atoms with van der Waals surface area (Å²) >= 11 is 0. The van der Waals surface area contributed by atoms with Crippen LogP contribution in [0.3, 0.4) is 0 Å². The maximum atomic E-state index is 5.88. The zero-order chi connectivity index (χ0) is 13.0. The monoisotopic (exact) mass is 248 g/mol. The zero-order valence-corrected chi connectivity index (χ0v) is 11.4. The predicted octanol–water partition coefficient (Wildman–Crippen LogP) is 2.19. The van der Waals surface area contributed by atoms with Gasteiger partial charge in [-0.3, -0.25) is 0 Å². The minimum atomic E-state index is 0.269. The van der Waals surface area contributed by atoms with E-state index in [1.54, 1.807) is 0 Å². The Balaban J connectivity index is 1.89. The van der Waals surface area contributed by atoms with Crippen molar-refractivity contribution in [3.8, 4) is 0 Å². The first kappa shape index (κ1) is 13.4. The highest BCUT2D eigenvalue weighted by molar-refractivity contribution is 5.47. The molecule has 0 radical (unpaired) electrons. The van der Waals surface area contributed by atoms with E-state index in [-0.39, 0.29) is 6.10 Å². The molecule has 2 atom stereocenters. The fraction of sp³-hybridized carbons (Fsp3) is 0.600. The highest BCUT2D eigenvalue weighted by Crippen LogP contribution is 2.22. The number of ether oxygens (including phenoxy) is 1. The molecule has 2 unspecified atom stereocenters. The second kappa shape index (κ2) is 6.21. The van der Waals surface area contributed by atoms with Gasteiger partial charge in [0.15, 0.2) is 0 Å². The lowest BCUT2D eigenvalue weighted by atomic mass is 10.1. The fourth-order valence-electron chi connectivity index (χ4n) is 2.48. The molecule has 1 fully saturated rings. The van der Waals surface area contributed by atoms with Crippen LogP contribution in [-0.2, 0) is 11.2 Å². The number of nitrogens with zero attached hydrogens (tertiary/aromatic N) is 1. The van der Waals surface area contributed by atoms with Crippen LogP contribution in [0.5, 0.6) is 0 Å². The van der Waals surface area contributed by atoms with Crippen molar-refractivity contribution in [2.45, 2.75) is 38.4 Å². The van der Waals surface area contributed by atoms with Crippen LogP contribution in [0.15, 0.2) is 24.3 Å². The molecule has 0 amide bonds. The molecule has 0 aromatic heterocycles. The number of aryl methyl sites for hydroxylation is 1. The molecule has 0 bridgehead atoms. The van der Waals surface area contributed by atoms with Crippen molar-refractivity contribution in [1.82, 2.24) is 0 Å². The summed E-state index contributed by atoms with van der Waals surface area (Å²) in [6.45, 7) is 3.77. The highest BCUT2D eigenvalue weighted by atomic mass is 16.5. The number of rotatable bonds is 5. The Morgan fingerprint density at radius 1 is 1.22 bits per heavy atom. The lowest BCUT2D eigenvalue weighted by Crippen LogP contribution is -2.30. The van der Waals surface area contributed by atoms with Gasteiger partial charge < -0.3 is 15.4 Å². The summed E-state index contributed by atoms with van der Waals surface area (Å²) in [5.74, 6) is 0. The number of benzene rings is 1. The molecule has 1 aliphatic heterocycles. The van der Waals surface area contributed by atoms with E-state index in [0.717, 1.165) is 25.8 Å². The minimum absolute atomic E-state index is 0.269. The van der Waals surface area contributed by atoms with Crippen molar-refractivity contribution >= 4 is 5.69 Å². The number of likely N-dealkylation sites (N-methyl/N-ethyl adjacent to an activating group) is 1. The molecule has 100 valence electrons. The summed E-state index contributed by atoms with van der Waals surface area (Å²) < 4.78 is 5.88. The molecule has 1 aromatic rings. The van der Waals surface area contributed by atoms with E-state index in [1.165, 1.54) is 11.3 Å². The van der Waals surface area contributed by atoms with Gasteiger partial charge in [-0.2, -0.15) is 0 Å². The number of hydrogen-bond acceptors (Lipinski definition) is 3. The predicted molar refractivity (Wildman–Crippen MR) is 76.0 cm³/mol. The average molecular weight is 248 g/mol. The number of nitrogens with two attached hydrogens (primary N) is 1. The minimum Gasteiger partial charge on any atom is -0.372 e. The quantitative estimate of drug-likeness (QED) is 0.868. The summed E-state index contributed by atoms with van der Waals surface area (Å²) in [7, 11) is 2.13. The molecule has 1 aliphatic rings. The summed E-state index contributed by atoms with van der Waals surface area (Å²) in [5, 5.41) is 0. The lowest BCUT2D eigenvalue weighted by molar-refractivity contribution is 0.0549. The molecule has 2 N–H and O–H groups in total. The van der Waals surface area contributed by atoms with Gasteiger partial charge in [-0.05, 0) is 37.0 Å². The summed E-state index contributed by atoms with van der Waals surface area (Å²) in [5.41, 5.74) is 8.27. The third kappa shape index (κ3) is 3.24. The summed E-state index contributed by atoms with van der Waals surface area (Å²) in [6.07, 6.45) is 3.91. The molecule has 3 heteroatoms. The second-order valence-corrected chi connectivity index (χ2v) is 5.09. The summed E-state index contributed by atoms with van der Waals surface area (Å²) in [4.78, 5) is 2.27. The maximum Gasteiger partial charge on any atom is 0.0755 e. The Bertz CT molecular complexity index is 363. The first-order valence-electron chi connectivity index (χ1n) is 6.88. The topological polar surface area (TPSA) is 38.5 Å². The van der Waals surface area contributed by atoms with Gasteiger partial charge >= 0.3 is 0 Å². The van der Waals surface area contributed by atoms with Gasteiger partial charge in [0.2, 0.25) is 0 Å². The van der Waals surface area contributed by atoms with Crippen LogP contribution in [0.4, 0.5) is 5.69 Å². The largest absolute Gasteiger partial charge is 0.372 e. The van der Waals surface area contributed by atoms with E-state index >= 15 is 0 Å². The standard InChI is InChI=1S/C15H24N2O/c1-3-12-4-6-13(7-5-12)17(2)11-15-9-8-14(10-16)18-15/h4-7,14-15H,3,8-11,16H2,1-2H3. The second-order valence-electron chi connectivity index (χ2n) is 5.09. The van der Waals surface area contributed by atoms with Crippen LogP contribution >= 0.6 is 0 Å². The van der Waals surface area contributed by atoms with Crippen molar-refractivity contribution in [3.63, 3.8) is 0 Å². The van der Waals surface area contributed by atoms with Crippen LogP contribution in [-0.4, -0.2) is 32.3 Å². The van der Waals surface area contributed by atoms with Crippen molar-refractivity contribution in [2.75, 3.05) is 25.0 Å². The number of hydrogen-bond donors (Lipinski definition) is 1. The van der Waals surface area contributed by atoms with Crippen molar-refractivity contribution in [3.05, 3.63) is 29.8 Å². The van der Waals surface area contributed by atoms with E-state index in [2.05, 4.69) is 43.1 Å². The lowest BCUT2D eigenvalue weighted by Gasteiger charge is -2.23. The molecular formula is C15H24N2O. The van der Waals surface area contributed by atoms with E-state index in [0.29, 0.717) is 12.6 Å². The summed E-state index contributed by atoms with van der Waals surface area (Å²) in [6, 6.07) is 8.77. The van der Waals surface area contributed by atoms with Crippen LogP contribution in [0.1, 0.15) is 25.3 Å². The van der Waals surface area contributed by atoms with Crippen LogP contribution in [0.25, 0.3) is 0 Å². The fourth-order valence-corrected chi connectivity index (χ4v) is 2.48. The molecule has 3 nitrogen and oxygen atoms in total. The van der Waals surface area contributed by atoms with Gasteiger partial charge in [-0.15, -0.1) is 0 Å². The van der Waals surface area contributed by atoms with Gasteiger partial charge in [0, 0.05) is 25.8 Å². The van der Waals surface area contributed by atoms with Crippen molar-refractivity contribution < 1.29 is 4.74 Å². The normalized spacial score (nSPS) is 23.3. The Kier molecular flexibility index (Phi) is 4.61. The Morgan fingerprint density at radius 2 is 1.89 bits per heavy atom. The maximum absolute atomic E-state index is 5.88. The van der Waals surface area contributed by atoms with E-state index in [9.17, 15) is 0 Å². The Morgan fingerprint density at radius 3 is 2.44 bits per heavy atom. The van der Waals surface area contributed by atoms with Crippen LogP contribution < -0.4 is 10.6 Å². The average Bonchev–Trinajstić information content (AvgIpc) is 2.86. The molecule has 0 saturated carbocycles. The third-order valence-corrected chi connectivity index (χ3v) is 3.72. The molecule has 1 saturated heterocycles. The van der Waals surface area contributed by atoms with Gasteiger partial charge in [-0.1, -0.05) is 19.1 Å². The van der Waals surface area contributed by atoms with Gasteiger partial charge in [-0.25, -0.2) is 0 Å². The molecule has 1 aromatic carbocycles. The van der Waals surface area contributed by atoms with Gasteiger partial charge in [0.1, 0.15) is 0 Å². The van der Waals surface area contributed by atoms with Crippen LogP contribution in [0.2, 0.25) is 0 Å². The zero-order valence-electron chi connectivity index (χ0n) is 11.4. The van der Waals surface area contributed by atoms with Gasteiger partial charge in [0.05, 0.1) is 12.2 Å². The van der Waals surface area contributed by atoms with E-state index < -0.39 is 0 Å². The first-order valence-corrected chi connectivity index (χ1v) is 6.88. The van der Waals surface area contributed by atoms with Crippen molar-refractivity contribution in [1.29, 1.82) is 0 Å². The Labute approximate surface area is 110 Å². The molecule has 2 rings (SSSR count). The molecule has 1 heterocycles. The highest BCUT2D eigenvalue weighted by Gasteiger charge is 2.25. The molecule has 0 spiro atoms. The first-order chi connectivity index (χ1) is 8.72. The SMILES string of the molecule is CCc1ccc(N(C)CC2CCC(CN)O2)cc1.